The Bertz CT molecular complexity index is 1180. The van der Waals surface area contributed by atoms with Gasteiger partial charge < -0.3 is 5.32 Å². The number of benzene rings is 3. The van der Waals surface area contributed by atoms with E-state index in [1.54, 1.807) is 31.2 Å². The van der Waals surface area contributed by atoms with Crippen LogP contribution in [-0.4, -0.2) is 14.3 Å². The van der Waals surface area contributed by atoms with Gasteiger partial charge in [-0.15, -0.1) is 0 Å². The molecule has 3 aromatic carbocycles. The summed E-state index contributed by atoms with van der Waals surface area (Å²) in [6.07, 6.45) is 0. The number of carbonyl (C=O) groups is 1. The van der Waals surface area contributed by atoms with Gasteiger partial charge in [-0.25, -0.2) is 12.8 Å². The molecule has 3 rings (SSSR count). The molecular weight excluding hydrogens is 415 g/mol. The van der Waals surface area contributed by atoms with Crippen molar-refractivity contribution in [3.05, 3.63) is 88.2 Å². The third-order valence-electron chi connectivity index (χ3n) is 4.45. The Morgan fingerprint density at radius 1 is 0.966 bits per heavy atom. The number of sulfonamides is 1. The fourth-order valence-electron chi connectivity index (χ4n) is 2.63. The second kappa shape index (κ2) is 8.23. The van der Waals surface area contributed by atoms with Gasteiger partial charge in [-0.05, 0) is 73.5 Å². The van der Waals surface area contributed by atoms with Crippen LogP contribution < -0.4 is 10.0 Å². The smallest absolute Gasteiger partial charge is 0.262 e. The molecule has 0 heterocycles. The predicted molar refractivity (Wildman–Crippen MR) is 113 cm³/mol. The van der Waals surface area contributed by atoms with Crippen LogP contribution in [0.25, 0.3) is 0 Å². The minimum absolute atomic E-state index is 0.129. The second-order valence-corrected chi connectivity index (χ2v) is 8.57. The van der Waals surface area contributed by atoms with Crippen LogP contribution in [0.4, 0.5) is 15.8 Å². The largest absolute Gasteiger partial charge is 0.319 e. The van der Waals surface area contributed by atoms with Crippen molar-refractivity contribution in [3.63, 3.8) is 0 Å². The number of carbonyl (C=O) groups excluding carboxylic acids is 1. The average Bonchev–Trinajstić information content (AvgIpc) is 2.67. The van der Waals surface area contributed by atoms with E-state index in [2.05, 4.69) is 10.0 Å². The molecule has 8 heteroatoms. The van der Waals surface area contributed by atoms with Gasteiger partial charge in [-0.1, -0.05) is 23.7 Å². The highest BCUT2D eigenvalue weighted by atomic mass is 35.5. The minimum Gasteiger partial charge on any atom is -0.319 e. The normalized spacial score (nSPS) is 11.2. The van der Waals surface area contributed by atoms with Crippen molar-refractivity contribution in [2.45, 2.75) is 18.7 Å². The number of rotatable bonds is 5. The first-order chi connectivity index (χ1) is 13.7. The van der Waals surface area contributed by atoms with E-state index < -0.39 is 21.7 Å². The highest BCUT2D eigenvalue weighted by molar-refractivity contribution is 7.92. The molecule has 0 radical (unpaired) electrons. The molecule has 2 N–H and O–H groups in total. The highest BCUT2D eigenvalue weighted by Gasteiger charge is 2.19. The fraction of sp³-hybridized carbons (Fsp3) is 0.0952. The number of hydrogen-bond donors (Lipinski definition) is 2. The molecule has 1 amide bonds. The lowest BCUT2D eigenvalue weighted by Crippen LogP contribution is -2.16. The zero-order valence-corrected chi connectivity index (χ0v) is 17.2. The average molecular weight is 433 g/mol. The van der Waals surface area contributed by atoms with Crippen molar-refractivity contribution in [2.75, 3.05) is 10.0 Å². The Labute approximate surface area is 173 Å². The van der Waals surface area contributed by atoms with E-state index in [4.69, 9.17) is 11.6 Å². The van der Waals surface area contributed by atoms with Crippen molar-refractivity contribution in [2.24, 2.45) is 0 Å². The van der Waals surface area contributed by atoms with Crippen molar-refractivity contribution >= 4 is 38.9 Å². The lowest BCUT2D eigenvalue weighted by Gasteiger charge is -2.13. The molecule has 150 valence electrons. The summed E-state index contributed by atoms with van der Waals surface area (Å²) in [6, 6.07) is 14.6. The van der Waals surface area contributed by atoms with Crippen LogP contribution in [-0.2, 0) is 10.0 Å². The van der Waals surface area contributed by atoms with Crippen molar-refractivity contribution in [1.29, 1.82) is 0 Å². The quantitative estimate of drug-likeness (QED) is 0.585. The summed E-state index contributed by atoms with van der Waals surface area (Å²) in [5.74, 6) is -1.40. The monoisotopic (exact) mass is 432 g/mol. The van der Waals surface area contributed by atoms with E-state index in [9.17, 15) is 17.6 Å². The first-order valence-electron chi connectivity index (χ1n) is 8.63. The summed E-state index contributed by atoms with van der Waals surface area (Å²) in [6.45, 7) is 3.66. The zero-order valence-electron chi connectivity index (χ0n) is 15.7. The number of anilines is 2. The summed E-state index contributed by atoms with van der Waals surface area (Å²) in [4.78, 5) is 12.0. The van der Waals surface area contributed by atoms with E-state index in [0.29, 0.717) is 16.3 Å². The van der Waals surface area contributed by atoms with Gasteiger partial charge in [-0.3, -0.25) is 9.52 Å². The molecule has 0 saturated carbocycles. The van der Waals surface area contributed by atoms with Crippen LogP contribution in [0.2, 0.25) is 5.02 Å². The maximum atomic E-state index is 14.5. The molecule has 0 spiro atoms. The Kier molecular flexibility index (Phi) is 5.91. The molecule has 3 aromatic rings. The van der Waals surface area contributed by atoms with Crippen molar-refractivity contribution < 1.29 is 17.6 Å². The molecular formula is C21H18ClFN2O3S. The standard InChI is InChI=1S/C21H18ClFN2O3S/c1-13-4-3-5-19(14(13)2)25-29(27,28)17-10-11-20(18(23)12-17)24-21(26)15-6-8-16(22)9-7-15/h3-12,25H,1-2H3,(H,24,26). The lowest BCUT2D eigenvalue weighted by atomic mass is 10.1. The molecule has 0 aliphatic heterocycles. The van der Waals surface area contributed by atoms with E-state index in [-0.39, 0.29) is 10.6 Å². The highest BCUT2D eigenvalue weighted by Crippen LogP contribution is 2.24. The molecule has 0 aliphatic carbocycles. The molecule has 0 fully saturated rings. The van der Waals surface area contributed by atoms with Crippen LogP contribution in [0.1, 0.15) is 21.5 Å². The summed E-state index contributed by atoms with van der Waals surface area (Å²) < 4.78 is 42.2. The van der Waals surface area contributed by atoms with Crippen LogP contribution in [0.3, 0.4) is 0 Å². The minimum atomic E-state index is -3.99. The molecule has 0 bridgehead atoms. The Morgan fingerprint density at radius 3 is 2.31 bits per heavy atom. The third-order valence-corrected chi connectivity index (χ3v) is 6.07. The Balaban J connectivity index is 1.82. The maximum absolute atomic E-state index is 14.5. The molecule has 5 nitrogen and oxygen atoms in total. The van der Waals surface area contributed by atoms with Gasteiger partial charge in [-0.2, -0.15) is 0 Å². The molecule has 0 atom stereocenters. The summed E-state index contributed by atoms with van der Waals surface area (Å²) in [7, 11) is -3.99. The van der Waals surface area contributed by atoms with Crippen molar-refractivity contribution in [3.8, 4) is 0 Å². The maximum Gasteiger partial charge on any atom is 0.262 e. The Hall–Kier alpha value is -2.90. The van der Waals surface area contributed by atoms with Crippen LogP contribution in [0.15, 0.2) is 65.6 Å². The number of aryl methyl sites for hydroxylation is 1. The number of hydrogen-bond acceptors (Lipinski definition) is 3. The van der Waals surface area contributed by atoms with Gasteiger partial charge in [0.15, 0.2) is 0 Å². The summed E-state index contributed by atoms with van der Waals surface area (Å²) in [5.41, 5.74) is 2.29. The van der Waals surface area contributed by atoms with Crippen LogP contribution in [0, 0.1) is 19.7 Å². The van der Waals surface area contributed by atoms with Gasteiger partial charge in [0.05, 0.1) is 16.3 Å². The van der Waals surface area contributed by atoms with Gasteiger partial charge in [0.1, 0.15) is 5.82 Å². The summed E-state index contributed by atoms with van der Waals surface area (Å²) in [5, 5.41) is 2.89. The van der Waals surface area contributed by atoms with Gasteiger partial charge in [0.25, 0.3) is 15.9 Å². The first-order valence-corrected chi connectivity index (χ1v) is 10.5. The van der Waals surface area contributed by atoms with Gasteiger partial charge >= 0.3 is 0 Å². The molecule has 0 aliphatic rings. The van der Waals surface area contributed by atoms with Gasteiger partial charge in [0.2, 0.25) is 0 Å². The van der Waals surface area contributed by atoms with E-state index in [1.165, 1.54) is 24.3 Å². The second-order valence-electron chi connectivity index (χ2n) is 6.46. The number of nitrogens with one attached hydrogen (secondary N) is 2. The first kappa shape index (κ1) is 20.8. The third kappa shape index (κ3) is 4.75. The fourth-order valence-corrected chi connectivity index (χ4v) is 3.89. The molecule has 0 aromatic heterocycles. The molecule has 0 unspecified atom stereocenters. The molecule has 0 saturated heterocycles. The number of halogens is 2. The van der Waals surface area contributed by atoms with Crippen LogP contribution >= 0.6 is 11.6 Å². The summed E-state index contributed by atoms with van der Waals surface area (Å²) >= 11 is 5.78. The Morgan fingerprint density at radius 2 is 1.66 bits per heavy atom. The van der Waals surface area contributed by atoms with Gasteiger partial charge in [0, 0.05) is 10.6 Å². The van der Waals surface area contributed by atoms with E-state index in [0.717, 1.165) is 17.2 Å². The zero-order chi connectivity index (χ0) is 21.2. The SMILES string of the molecule is Cc1cccc(NS(=O)(=O)c2ccc(NC(=O)c3ccc(Cl)cc3)c(F)c2)c1C. The topological polar surface area (TPSA) is 75.3 Å². The number of amides is 1. The van der Waals surface area contributed by atoms with E-state index >= 15 is 0 Å². The predicted octanol–water partition coefficient (Wildman–Crippen LogP) is 5.15. The molecule has 29 heavy (non-hydrogen) atoms. The van der Waals surface area contributed by atoms with E-state index in [1.807, 2.05) is 13.0 Å². The lowest BCUT2D eigenvalue weighted by molar-refractivity contribution is 0.102. The van der Waals surface area contributed by atoms with Crippen LogP contribution in [0.5, 0.6) is 0 Å². The van der Waals surface area contributed by atoms with Crippen molar-refractivity contribution in [1.82, 2.24) is 0 Å².